The minimum Gasteiger partial charge on any atom is -0.387 e. The van der Waals surface area contributed by atoms with Gasteiger partial charge >= 0.3 is 0 Å². The van der Waals surface area contributed by atoms with E-state index in [1.807, 2.05) is 29.2 Å². The molecule has 0 radical (unpaired) electrons. The quantitative estimate of drug-likeness (QED) is 0.580. The number of fused-ring (bicyclic) bond motifs is 1. The predicted octanol–water partition coefficient (Wildman–Crippen LogP) is 1.17. The maximum absolute atomic E-state index is 13.6. The number of anilines is 3. The Morgan fingerprint density at radius 2 is 1.82 bits per heavy atom. The molecule has 2 aromatic heterocycles. The zero-order valence-electron chi connectivity index (χ0n) is 18.6. The van der Waals surface area contributed by atoms with Gasteiger partial charge in [-0.1, -0.05) is 0 Å². The summed E-state index contributed by atoms with van der Waals surface area (Å²) in [7, 11) is 0. The molecule has 0 aliphatic carbocycles. The van der Waals surface area contributed by atoms with E-state index in [0.29, 0.717) is 68.4 Å². The van der Waals surface area contributed by atoms with Crippen molar-refractivity contribution >= 4 is 34.7 Å². The second-order valence-corrected chi connectivity index (χ2v) is 8.47. The van der Waals surface area contributed by atoms with E-state index in [1.54, 1.807) is 17.2 Å². The van der Waals surface area contributed by atoms with E-state index >= 15 is 0 Å². The molecule has 11 heteroatoms. The highest BCUT2D eigenvalue weighted by molar-refractivity contribution is 6.08. The van der Waals surface area contributed by atoms with Crippen LogP contribution >= 0.6 is 0 Å². The molecule has 10 nitrogen and oxygen atoms in total. The van der Waals surface area contributed by atoms with Crippen LogP contribution < -0.4 is 15.1 Å². The van der Waals surface area contributed by atoms with Gasteiger partial charge in [0, 0.05) is 50.3 Å². The lowest BCUT2D eigenvalue weighted by molar-refractivity contribution is -0.134. The Labute approximate surface area is 195 Å². The predicted molar refractivity (Wildman–Crippen MR) is 125 cm³/mol. The average molecular weight is 468 g/mol. The fourth-order valence-corrected chi connectivity index (χ4v) is 4.39. The van der Waals surface area contributed by atoms with E-state index in [1.165, 1.54) is 10.7 Å². The molecule has 3 aromatic rings. The summed E-state index contributed by atoms with van der Waals surface area (Å²) < 4.78 is 15.1. The molecule has 0 spiro atoms. The molecule has 1 atom stereocenters. The van der Waals surface area contributed by atoms with E-state index in [-0.39, 0.29) is 11.8 Å². The van der Waals surface area contributed by atoms with Crippen molar-refractivity contribution in [1.29, 1.82) is 0 Å². The Morgan fingerprint density at radius 3 is 2.50 bits per heavy atom. The largest absolute Gasteiger partial charge is 0.387 e. The third kappa shape index (κ3) is 4.38. The van der Waals surface area contributed by atoms with Gasteiger partial charge in [0.05, 0.1) is 12.7 Å². The number of carbonyl (C=O) groups is 2. The minimum absolute atomic E-state index is 0.251. The highest BCUT2D eigenvalue weighted by Gasteiger charge is 2.24. The molecule has 2 saturated heterocycles. The molecule has 5 rings (SSSR count). The zero-order valence-corrected chi connectivity index (χ0v) is 18.6. The smallest absolute Gasteiger partial charge is 0.261 e. The highest BCUT2D eigenvalue weighted by Crippen LogP contribution is 2.23. The first-order valence-electron chi connectivity index (χ1n) is 11.3. The molecule has 2 amide bonds. The second kappa shape index (κ2) is 9.26. The Bertz CT molecular complexity index is 1190. The van der Waals surface area contributed by atoms with Gasteiger partial charge < -0.3 is 25.1 Å². The van der Waals surface area contributed by atoms with E-state index in [9.17, 15) is 14.0 Å². The first kappa shape index (κ1) is 22.1. The van der Waals surface area contributed by atoms with Gasteiger partial charge in [-0.15, -0.1) is 0 Å². The summed E-state index contributed by atoms with van der Waals surface area (Å²) in [6, 6.07) is 9.28. The number of carbonyl (C=O) groups excluding carboxylic acids is 2. The van der Waals surface area contributed by atoms with Crippen LogP contribution in [-0.2, 0) is 4.79 Å². The molecule has 2 fully saturated rings. The van der Waals surface area contributed by atoms with Gasteiger partial charge in [-0.25, -0.2) is 13.9 Å². The molecular formula is C23H26FN7O3. The molecular weight excluding hydrogens is 441 g/mol. The van der Waals surface area contributed by atoms with E-state index in [2.05, 4.69) is 20.3 Å². The second-order valence-electron chi connectivity index (χ2n) is 8.47. The number of nitrogens with zero attached hydrogens (tertiary/aromatic N) is 6. The van der Waals surface area contributed by atoms with Crippen molar-refractivity contribution in [2.45, 2.75) is 12.6 Å². The Kier molecular flexibility index (Phi) is 6.01. The van der Waals surface area contributed by atoms with E-state index in [4.69, 9.17) is 5.11 Å². The summed E-state index contributed by atoms with van der Waals surface area (Å²) in [6.45, 7) is 2.91. The summed E-state index contributed by atoms with van der Waals surface area (Å²) in [5, 5.41) is 16.1. The molecule has 4 heterocycles. The first-order chi connectivity index (χ1) is 16.5. The normalized spacial score (nSPS) is 18.5. The number of piperazine rings is 1. The summed E-state index contributed by atoms with van der Waals surface area (Å²) in [4.78, 5) is 34.8. The number of aromatic nitrogens is 3. The number of aliphatic hydroxyl groups excluding tert-OH is 1. The van der Waals surface area contributed by atoms with Crippen molar-refractivity contribution in [2.75, 3.05) is 61.0 Å². The van der Waals surface area contributed by atoms with Crippen molar-refractivity contribution < 1.29 is 19.1 Å². The van der Waals surface area contributed by atoms with Crippen molar-refractivity contribution in [1.82, 2.24) is 19.5 Å². The Hall–Kier alpha value is -3.73. The molecule has 34 heavy (non-hydrogen) atoms. The molecule has 0 bridgehead atoms. The van der Waals surface area contributed by atoms with Gasteiger partial charge in [0.1, 0.15) is 24.2 Å². The zero-order chi connectivity index (χ0) is 23.7. The first-order valence-corrected chi connectivity index (χ1v) is 11.3. The van der Waals surface area contributed by atoms with E-state index in [0.717, 1.165) is 5.69 Å². The Balaban J connectivity index is 1.25. The van der Waals surface area contributed by atoms with Crippen LogP contribution in [0.5, 0.6) is 0 Å². The number of halogens is 1. The van der Waals surface area contributed by atoms with Gasteiger partial charge in [-0.2, -0.15) is 5.10 Å². The molecule has 1 aromatic carbocycles. The lowest BCUT2D eigenvalue weighted by Gasteiger charge is -2.35. The van der Waals surface area contributed by atoms with Gasteiger partial charge in [0.2, 0.25) is 5.91 Å². The standard InChI is InChI=1S/C23H26FN7O3/c24-16-5-7-30(14-16)20-6-8-31-22(27-20)19(13-25-31)23(34)26-17-1-3-18(4-2-17)28-9-11-29(12-10-28)21(33)15-32/h1-4,6,8,13,16,32H,5,7,9-12,14-15H2,(H,26,34). The van der Waals surface area contributed by atoms with Crippen molar-refractivity contribution in [3.63, 3.8) is 0 Å². The monoisotopic (exact) mass is 467 g/mol. The third-order valence-electron chi connectivity index (χ3n) is 6.31. The topological polar surface area (TPSA) is 106 Å². The van der Waals surface area contributed by atoms with Crippen LogP contribution in [0.3, 0.4) is 0 Å². The van der Waals surface area contributed by atoms with Crippen molar-refractivity contribution in [3.8, 4) is 0 Å². The molecule has 2 aliphatic heterocycles. The van der Waals surface area contributed by atoms with Crippen LogP contribution in [0.2, 0.25) is 0 Å². The number of hydrogen-bond acceptors (Lipinski definition) is 7. The van der Waals surface area contributed by atoms with Crippen molar-refractivity contribution in [3.05, 3.63) is 48.3 Å². The lowest BCUT2D eigenvalue weighted by atomic mass is 10.2. The summed E-state index contributed by atoms with van der Waals surface area (Å²) in [5.41, 5.74) is 2.39. The minimum atomic E-state index is -0.861. The fourth-order valence-electron chi connectivity index (χ4n) is 4.39. The average Bonchev–Trinajstić information content (AvgIpc) is 3.50. The molecule has 1 unspecified atom stereocenters. The molecule has 2 aliphatic rings. The molecule has 178 valence electrons. The third-order valence-corrected chi connectivity index (χ3v) is 6.31. The highest BCUT2D eigenvalue weighted by atomic mass is 19.1. The number of benzene rings is 1. The lowest BCUT2D eigenvalue weighted by Crippen LogP contribution is -2.49. The Morgan fingerprint density at radius 1 is 1.06 bits per heavy atom. The summed E-state index contributed by atoms with van der Waals surface area (Å²) >= 11 is 0. The maximum Gasteiger partial charge on any atom is 0.261 e. The number of alkyl halides is 1. The van der Waals surface area contributed by atoms with Crippen LogP contribution in [-0.4, -0.2) is 88.5 Å². The van der Waals surface area contributed by atoms with Crippen molar-refractivity contribution in [2.24, 2.45) is 0 Å². The number of nitrogens with one attached hydrogen (secondary N) is 1. The van der Waals surface area contributed by atoms with Gasteiger partial charge in [0.25, 0.3) is 5.91 Å². The van der Waals surface area contributed by atoms with Gasteiger partial charge in [-0.3, -0.25) is 9.59 Å². The van der Waals surface area contributed by atoms with Crippen LogP contribution in [0.25, 0.3) is 5.65 Å². The number of aliphatic hydroxyl groups is 1. The fraction of sp³-hybridized carbons (Fsp3) is 0.391. The van der Waals surface area contributed by atoms with Gasteiger partial charge in [0.15, 0.2) is 5.65 Å². The van der Waals surface area contributed by atoms with E-state index < -0.39 is 12.8 Å². The molecule has 0 saturated carbocycles. The number of rotatable bonds is 5. The summed E-state index contributed by atoms with van der Waals surface area (Å²) in [5.74, 6) is 0.0553. The summed E-state index contributed by atoms with van der Waals surface area (Å²) in [6.07, 6.45) is 2.82. The SMILES string of the molecule is O=C(Nc1ccc(N2CCN(C(=O)CO)CC2)cc1)c1cnn2ccc(N3CCC(F)C3)nc12. The number of amides is 2. The van der Waals surface area contributed by atoms with Crippen LogP contribution in [0.15, 0.2) is 42.7 Å². The maximum atomic E-state index is 13.6. The van der Waals surface area contributed by atoms with Crippen LogP contribution in [0, 0.1) is 0 Å². The van der Waals surface area contributed by atoms with Crippen LogP contribution in [0.1, 0.15) is 16.8 Å². The molecule has 2 N–H and O–H groups in total. The van der Waals surface area contributed by atoms with Crippen LogP contribution in [0.4, 0.5) is 21.6 Å². The van der Waals surface area contributed by atoms with Gasteiger partial charge in [-0.05, 0) is 36.8 Å². The number of hydrogen-bond donors (Lipinski definition) is 2.